The summed E-state index contributed by atoms with van der Waals surface area (Å²) in [5.74, 6) is -0.548. The molecule has 0 aliphatic rings. The maximum Gasteiger partial charge on any atom is 0.361 e. The largest absolute Gasteiger partial charge is 0.452 e. The fraction of sp³-hybridized carbons (Fsp3) is 0.182. The van der Waals surface area contributed by atoms with Crippen LogP contribution in [0.25, 0.3) is 11.5 Å². The minimum atomic E-state index is -0.718. The number of oxazole rings is 1. The van der Waals surface area contributed by atoms with Gasteiger partial charge in [0, 0.05) is 24.6 Å². The van der Waals surface area contributed by atoms with Crippen molar-refractivity contribution in [3.63, 3.8) is 0 Å². The van der Waals surface area contributed by atoms with Crippen molar-refractivity contribution in [1.82, 2.24) is 10.3 Å². The second kappa shape index (κ2) is 8.97. The van der Waals surface area contributed by atoms with Crippen LogP contribution in [0.3, 0.4) is 0 Å². The molecule has 3 rings (SSSR count). The van der Waals surface area contributed by atoms with Gasteiger partial charge in [0.2, 0.25) is 11.8 Å². The molecular weight excluding hydrogens is 372 g/mol. The molecule has 0 saturated carbocycles. The molecule has 0 aliphatic heterocycles. The van der Waals surface area contributed by atoms with Crippen molar-refractivity contribution >= 4 is 17.7 Å². The molecule has 29 heavy (non-hydrogen) atoms. The van der Waals surface area contributed by atoms with Gasteiger partial charge < -0.3 is 14.5 Å². The van der Waals surface area contributed by atoms with Crippen LogP contribution in [0.1, 0.15) is 39.1 Å². The Balaban J connectivity index is 1.60. The van der Waals surface area contributed by atoms with Gasteiger partial charge in [0.05, 0.1) is 0 Å². The Morgan fingerprint density at radius 1 is 1.03 bits per heavy atom. The van der Waals surface area contributed by atoms with E-state index in [0.29, 0.717) is 23.8 Å². The van der Waals surface area contributed by atoms with Crippen LogP contribution >= 0.6 is 0 Å². The number of ether oxygens (including phenoxy) is 1. The first-order valence-electron chi connectivity index (χ1n) is 9.00. The van der Waals surface area contributed by atoms with Crippen LogP contribution in [-0.4, -0.2) is 29.3 Å². The third-order valence-corrected chi connectivity index (χ3v) is 4.16. The molecule has 0 radical (unpaired) electrons. The molecule has 2 aromatic carbocycles. The number of carbonyl (C=O) groups is 3. The minimum absolute atomic E-state index is 0.0438. The first-order chi connectivity index (χ1) is 13.9. The summed E-state index contributed by atoms with van der Waals surface area (Å²) in [6.45, 7) is 3.03. The fourth-order valence-corrected chi connectivity index (χ4v) is 2.61. The van der Waals surface area contributed by atoms with Gasteiger partial charge in [-0.05, 0) is 24.6 Å². The second-order valence-electron chi connectivity index (χ2n) is 6.40. The first-order valence-corrected chi connectivity index (χ1v) is 9.00. The normalized spacial score (nSPS) is 10.4. The summed E-state index contributed by atoms with van der Waals surface area (Å²) >= 11 is 0. The van der Waals surface area contributed by atoms with Gasteiger partial charge in [0.15, 0.2) is 18.1 Å². The molecule has 7 heteroatoms. The highest BCUT2D eigenvalue weighted by Crippen LogP contribution is 2.21. The zero-order valence-corrected chi connectivity index (χ0v) is 16.1. The number of hydrogen-bond acceptors (Lipinski definition) is 6. The number of nitrogens with one attached hydrogen (secondary N) is 1. The minimum Gasteiger partial charge on any atom is -0.452 e. The van der Waals surface area contributed by atoms with Gasteiger partial charge in [-0.25, -0.2) is 9.78 Å². The number of aromatic nitrogens is 1. The average molecular weight is 392 g/mol. The summed E-state index contributed by atoms with van der Waals surface area (Å²) in [5, 5.41) is 2.68. The number of nitrogens with zero attached hydrogens (tertiary/aromatic N) is 1. The van der Waals surface area contributed by atoms with Gasteiger partial charge in [-0.15, -0.1) is 0 Å². The van der Waals surface area contributed by atoms with E-state index < -0.39 is 12.6 Å². The van der Waals surface area contributed by atoms with E-state index in [2.05, 4.69) is 10.3 Å². The lowest BCUT2D eigenvalue weighted by molar-refractivity contribution is -0.119. The van der Waals surface area contributed by atoms with E-state index >= 15 is 0 Å². The summed E-state index contributed by atoms with van der Waals surface area (Å²) in [7, 11) is 0. The summed E-state index contributed by atoms with van der Waals surface area (Å²) in [4.78, 5) is 39.7. The monoisotopic (exact) mass is 392 g/mol. The Labute approximate surface area is 167 Å². The highest BCUT2D eigenvalue weighted by Gasteiger charge is 2.20. The molecule has 1 heterocycles. The van der Waals surface area contributed by atoms with Crippen LogP contribution in [-0.2, 0) is 16.1 Å². The van der Waals surface area contributed by atoms with Crippen molar-refractivity contribution in [2.24, 2.45) is 0 Å². The quantitative estimate of drug-likeness (QED) is 0.489. The number of ketones is 1. The van der Waals surface area contributed by atoms with Crippen LogP contribution < -0.4 is 5.32 Å². The molecule has 0 saturated heterocycles. The van der Waals surface area contributed by atoms with Crippen LogP contribution in [0, 0.1) is 6.92 Å². The standard InChI is InChI=1S/C22H20N2O5/c1-14-20(24-21(29-14)18-6-4-3-5-7-18)22(27)28-13-19(26)17-10-8-16(9-11-17)12-23-15(2)25/h3-11H,12-13H2,1-2H3,(H,23,25). The SMILES string of the molecule is CC(=O)NCc1ccc(C(=O)COC(=O)c2nc(-c3ccccc3)oc2C)cc1. The number of hydrogen-bond donors (Lipinski definition) is 1. The second-order valence-corrected chi connectivity index (χ2v) is 6.40. The highest BCUT2D eigenvalue weighted by atomic mass is 16.5. The average Bonchev–Trinajstić information content (AvgIpc) is 3.13. The van der Waals surface area contributed by atoms with Gasteiger partial charge in [0.1, 0.15) is 5.76 Å². The Bertz CT molecular complexity index is 1020. The molecule has 1 aromatic heterocycles. The molecule has 0 unspecified atom stereocenters. The lowest BCUT2D eigenvalue weighted by Crippen LogP contribution is -2.19. The van der Waals surface area contributed by atoms with E-state index in [4.69, 9.17) is 9.15 Å². The Hall–Kier alpha value is -3.74. The van der Waals surface area contributed by atoms with E-state index in [1.54, 1.807) is 31.2 Å². The molecule has 0 aliphatic carbocycles. The van der Waals surface area contributed by atoms with E-state index in [-0.39, 0.29) is 17.4 Å². The Morgan fingerprint density at radius 3 is 2.38 bits per heavy atom. The maximum absolute atomic E-state index is 12.3. The van der Waals surface area contributed by atoms with Gasteiger partial charge in [-0.2, -0.15) is 0 Å². The lowest BCUT2D eigenvalue weighted by Gasteiger charge is -2.05. The van der Waals surface area contributed by atoms with Crippen molar-refractivity contribution < 1.29 is 23.5 Å². The molecule has 0 atom stereocenters. The summed E-state index contributed by atoms with van der Waals surface area (Å²) in [6.07, 6.45) is 0. The fourth-order valence-electron chi connectivity index (χ4n) is 2.61. The van der Waals surface area contributed by atoms with Gasteiger partial charge in [0.25, 0.3) is 0 Å². The van der Waals surface area contributed by atoms with Crippen molar-refractivity contribution in [1.29, 1.82) is 0 Å². The molecule has 0 spiro atoms. The van der Waals surface area contributed by atoms with Crippen LogP contribution in [0.15, 0.2) is 59.0 Å². The van der Waals surface area contributed by atoms with Gasteiger partial charge in [-0.3, -0.25) is 9.59 Å². The Kier molecular flexibility index (Phi) is 6.19. The molecule has 1 N–H and O–H groups in total. The van der Waals surface area contributed by atoms with Crippen LogP contribution in [0.4, 0.5) is 0 Å². The molecule has 1 amide bonds. The van der Waals surface area contributed by atoms with E-state index in [9.17, 15) is 14.4 Å². The van der Waals surface area contributed by atoms with Gasteiger partial charge >= 0.3 is 5.97 Å². The van der Waals surface area contributed by atoms with Crippen molar-refractivity contribution in [2.45, 2.75) is 20.4 Å². The molecule has 7 nitrogen and oxygen atoms in total. The number of benzene rings is 2. The van der Waals surface area contributed by atoms with E-state index in [1.807, 2.05) is 30.3 Å². The van der Waals surface area contributed by atoms with Gasteiger partial charge in [-0.1, -0.05) is 42.5 Å². The number of esters is 1. The molecular formula is C22H20N2O5. The number of amides is 1. The highest BCUT2D eigenvalue weighted by molar-refractivity contribution is 5.99. The van der Waals surface area contributed by atoms with Crippen molar-refractivity contribution in [3.8, 4) is 11.5 Å². The third kappa shape index (κ3) is 5.16. The molecule has 0 fully saturated rings. The third-order valence-electron chi connectivity index (χ3n) is 4.16. The molecule has 0 bridgehead atoms. The summed E-state index contributed by atoms with van der Waals surface area (Å²) in [5.41, 5.74) is 2.05. The number of rotatable bonds is 7. The number of carbonyl (C=O) groups excluding carboxylic acids is 3. The first kappa shape index (κ1) is 20.0. The van der Waals surface area contributed by atoms with E-state index in [1.165, 1.54) is 6.92 Å². The smallest absolute Gasteiger partial charge is 0.361 e. The maximum atomic E-state index is 12.3. The molecule has 148 valence electrons. The predicted molar refractivity (Wildman–Crippen MR) is 105 cm³/mol. The van der Waals surface area contributed by atoms with Crippen molar-refractivity contribution in [3.05, 3.63) is 77.2 Å². The molecule has 3 aromatic rings. The van der Waals surface area contributed by atoms with Crippen LogP contribution in [0.2, 0.25) is 0 Å². The Morgan fingerprint density at radius 2 is 1.72 bits per heavy atom. The zero-order chi connectivity index (χ0) is 20.8. The van der Waals surface area contributed by atoms with Crippen LogP contribution in [0.5, 0.6) is 0 Å². The predicted octanol–water partition coefficient (Wildman–Crippen LogP) is 3.33. The number of Topliss-reactive ketones (excluding diaryl/α,β-unsaturated/α-hetero) is 1. The lowest BCUT2D eigenvalue weighted by atomic mass is 10.1. The van der Waals surface area contributed by atoms with E-state index in [0.717, 1.165) is 11.1 Å². The zero-order valence-electron chi connectivity index (χ0n) is 16.1. The van der Waals surface area contributed by atoms with Crippen molar-refractivity contribution in [2.75, 3.05) is 6.61 Å². The number of aryl methyl sites for hydroxylation is 1. The summed E-state index contributed by atoms with van der Waals surface area (Å²) < 4.78 is 10.7. The topological polar surface area (TPSA) is 98.5 Å². The summed E-state index contributed by atoms with van der Waals surface area (Å²) in [6, 6.07) is 15.9.